The van der Waals surface area contributed by atoms with Crippen LogP contribution in [-0.2, 0) is 13.6 Å². The number of rotatable bonds is 6. The molecule has 0 bridgehead atoms. The molecule has 0 unspecified atom stereocenters. The Bertz CT molecular complexity index is 823. The Kier molecular flexibility index (Phi) is 6.21. The molecule has 2 aromatic heterocycles. The Morgan fingerprint density at radius 3 is 2.67 bits per heavy atom. The van der Waals surface area contributed by atoms with Crippen LogP contribution in [0.1, 0.15) is 17.8 Å². The van der Waals surface area contributed by atoms with Gasteiger partial charge in [-0.2, -0.15) is 0 Å². The third-order valence-electron chi connectivity index (χ3n) is 4.38. The first-order valence-corrected chi connectivity index (χ1v) is 8.27. The van der Waals surface area contributed by atoms with Crippen LogP contribution >= 0.6 is 12.4 Å². The molecule has 2 heterocycles. The van der Waals surface area contributed by atoms with E-state index in [0.29, 0.717) is 0 Å². The molecule has 0 saturated heterocycles. The van der Waals surface area contributed by atoms with Crippen LogP contribution < -0.4 is 5.32 Å². The summed E-state index contributed by atoms with van der Waals surface area (Å²) >= 11 is 0. The molecular weight excluding hydrogens is 320 g/mol. The van der Waals surface area contributed by atoms with E-state index >= 15 is 0 Å². The largest absolute Gasteiger partial charge is 0.342 e. The number of fused-ring (bicyclic) bond motifs is 3. The van der Waals surface area contributed by atoms with Gasteiger partial charge in [0.15, 0.2) is 0 Å². The topological polar surface area (TPSA) is 33.1 Å². The second kappa shape index (κ2) is 7.97. The molecule has 5 heteroatoms. The molecule has 0 aliphatic heterocycles. The van der Waals surface area contributed by atoms with Gasteiger partial charge in [-0.05, 0) is 52.7 Å². The molecule has 0 fully saturated rings. The third-order valence-corrected chi connectivity index (χ3v) is 4.38. The van der Waals surface area contributed by atoms with Crippen molar-refractivity contribution in [2.45, 2.75) is 19.9 Å². The number of aromatic nitrogens is 2. The van der Waals surface area contributed by atoms with E-state index in [9.17, 15) is 0 Å². The van der Waals surface area contributed by atoms with E-state index in [1.807, 2.05) is 0 Å². The van der Waals surface area contributed by atoms with Gasteiger partial charge in [-0.25, -0.2) is 0 Å². The molecule has 0 saturated carbocycles. The molecule has 0 amide bonds. The van der Waals surface area contributed by atoms with E-state index in [-0.39, 0.29) is 12.4 Å². The monoisotopic (exact) mass is 346 g/mol. The number of hydrogen-bond donors (Lipinski definition) is 1. The third kappa shape index (κ3) is 3.72. The molecule has 24 heavy (non-hydrogen) atoms. The SMILES string of the molecule is Cc1nc(CNCCCN(C)C)cc2c3ccccc3n(C)c12.Cl. The average molecular weight is 347 g/mol. The van der Waals surface area contributed by atoms with E-state index in [1.165, 1.54) is 21.8 Å². The lowest BCUT2D eigenvalue weighted by atomic mass is 10.1. The van der Waals surface area contributed by atoms with Crippen molar-refractivity contribution in [3.8, 4) is 0 Å². The van der Waals surface area contributed by atoms with Crippen molar-refractivity contribution in [3.05, 3.63) is 41.7 Å². The van der Waals surface area contributed by atoms with Crippen LogP contribution in [0.4, 0.5) is 0 Å². The highest BCUT2D eigenvalue weighted by Gasteiger charge is 2.12. The Morgan fingerprint density at radius 2 is 1.92 bits per heavy atom. The van der Waals surface area contributed by atoms with Gasteiger partial charge in [-0.1, -0.05) is 18.2 Å². The zero-order valence-corrected chi connectivity index (χ0v) is 15.8. The van der Waals surface area contributed by atoms with Crippen molar-refractivity contribution in [1.82, 2.24) is 19.8 Å². The van der Waals surface area contributed by atoms with Gasteiger partial charge in [0.1, 0.15) is 0 Å². The zero-order valence-electron chi connectivity index (χ0n) is 15.0. The maximum absolute atomic E-state index is 4.80. The number of aryl methyl sites for hydroxylation is 2. The molecule has 1 N–H and O–H groups in total. The molecule has 0 aliphatic carbocycles. The number of para-hydroxylation sites is 1. The summed E-state index contributed by atoms with van der Waals surface area (Å²) in [7, 11) is 6.34. The van der Waals surface area contributed by atoms with Crippen LogP contribution in [0.3, 0.4) is 0 Å². The van der Waals surface area contributed by atoms with E-state index in [2.05, 4.69) is 73.2 Å². The predicted molar refractivity (Wildman–Crippen MR) is 105 cm³/mol. The molecule has 130 valence electrons. The fourth-order valence-electron chi connectivity index (χ4n) is 3.30. The smallest absolute Gasteiger partial charge is 0.0705 e. The summed E-state index contributed by atoms with van der Waals surface area (Å²) in [4.78, 5) is 7.01. The standard InChI is InChI=1S/C19H26N4.ClH/c1-14-19-17(16-8-5-6-9-18(16)23(19)4)12-15(21-14)13-20-10-7-11-22(2)3;/h5-6,8-9,12,20H,7,10-11,13H2,1-4H3;1H. The second-order valence-corrected chi connectivity index (χ2v) is 6.50. The minimum atomic E-state index is 0. The lowest BCUT2D eigenvalue weighted by Gasteiger charge is -2.10. The summed E-state index contributed by atoms with van der Waals surface area (Å²) in [5.74, 6) is 0. The molecule has 1 aromatic carbocycles. The Balaban J connectivity index is 0.00000208. The van der Waals surface area contributed by atoms with E-state index in [0.717, 1.165) is 37.4 Å². The van der Waals surface area contributed by atoms with Gasteiger partial charge in [0, 0.05) is 29.9 Å². The van der Waals surface area contributed by atoms with E-state index < -0.39 is 0 Å². The first-order valence-electron chi connectivity index (χ1n) is 8.27. The summed E-state index contributed by atoms with van der Waals surface area (Å²) in [6, 6.07) is 10.8. The van der Waals surface area contributed by atoms with Crippen LogP contribution in [-0.4, -0.2) is 41.6 Å². The van der Waals surface area contributed by atoms with Gasteiger partial charge >= 0.3 is 0 Å². The van der Waals surface area contributed by atoms with Crippen LogP contribution in [0.2, 0.25) is 0 Å². The minimum absolute atomic E-state index is 0. The summed E-state index contributed by atoms with van der Waals surface area (Å²) in [6.07, 6.45) is 1.16. The van der Waals surface area contributed by atoms with Crippen molar-refractivity contribution in [1.29, 1.82) is 0 Å². The lowest BCUT2D eigenvalue weighted by Crippen LogP contribution is -2.21. The molecule has 0 spiro atoms. The molecule has 0 radical (unpaired) electrons. The summed E-state index contributed by atoms with van der Waals surface area (Å²) < 4.78 is 2.25. The van der Waals surface area contributed by atoms with Gasteiger partial charge < -0.3 is 14.8 Å². The zero-order chi connectivity index (χ0) is 16.4. The average Bonchev–Trinajstić information content (AvgIpc) is 2.81. The summed E-state index contributed by atoms with van der Waals surface area (Å²) in [5.41, 5.74) is 4.73. The van der Waals surface area contributed by atoms with Gasteiger partial charge in [0.2, 0.25) is 0 Å². The molecule has 0 aliphatic rings. The van der Waals surface area contributed by atoms with Gasteiger partial charge in [-0.15, -0.1) is 12.4 Å². The number of nitrogens with one attached hydrogen (secondary N) is 1. The van der Waals surface area contributed by atoms with Crippen LogP contribution in [0.15, 0.2) is 30.3 Å². The van der Waals surface area contributed by atoms with E-state index in [1.54, 1.807) is 0 Å². The molecule has 3 aromatic rings. The second-order valence-electron chi connectivity index (χ2n) is 6.50. The summed E-state index contributed by atoms with van der Waals surface area (Å²) in [5, 5.41) is 6.12. The first kappa shape index (κ1) is 18.7. The molecular formula is C19H27ClN4. The Morgan fingerprint density at radius 1 is 1.17 bits per heavy atom. The quantitative estimate of drug-likeness (QED) is 0.693. The molecule has 3 rings (SSSR count). The number of benzene rings is 1. The first-order chi connectivity index (χ1) is 11.1. The fourth-order valence-corrected chi connectivity index (χ4v) is 3.30. The Hall–Kier alpha value is -1.62. The van der Waals surface area contributed by atoms with Gasteiger partial charge in [-0.3, -0.25) is 4.98 Å². The minimum Gasteiger partial charge on any atom is -0.342 e. The van der Waals surface area contributed by atoms with Crippen molar-refractivity contribution in [3.63, 3.8) is 0 Å². The fraction of sp³-hybridized carbons (Fsp3) is 0.421. The number of pyridine rings is 1. The molecule has 4 nitrogen and oxygen atoms in total. The number of hydrogen-bond acceptors (Lipinski definition) is 3. The van der Waals surface area contributed by atoms with Crippen molar-refractivity contribution >= 4 is 34.2 Å². The lowest BCUT2D eigenvalue weighted by molar-refractivity contribution is 0.394. The van der Waals surface area contributed by atoms with Crippen molar-refractivity contribution < 1.29 is 0 Å². The maximum Gasteiger partial charge on any atom is 0.0705 e. The van der Waals surface area contributed by atoms with Gasteiger partial charge in [0.25, 0.3) is 0 Å². The van der Waals surface area contributed by atoms with Gasteiger partial charge in [0.05, 0.1) is 16.9 Å². The number of halogens is 1. The van der Waals surface area contributed by atoms with Crippen LogP contribution in [0, 0.1) is 6.92 Å². The number of nitrogens with zero attached hydrogens (tertiary/aromatic N) is 3. The van der Waals surface area contributed by atoms with Crippen LogP contribution in [0.5, 0.6) is 0 Å². The Labute approximate surface area is 150 Å². The van der Waals surface area contributed by atoms with Crippen molar-refractivity contribution in [2.75, 3.05) is 27.2 Å². The van der Waals surface area contributed by atoms with Crippen LogP contribution in [0.25, 0.3) is 21.8 Å². The highest BCUT2D eigenvalue weighted by Crippen LogP contribution is 2.29. The predicted octanol–water partition coefficient (Wildman–Crippen LogP) is 3.50. The molecule has 0 atom stereocenters. The van der Waals surface area contributed by atoms with Crippen molar-refractivity contribution in [2.24, 2.45) is 7.05 Å². The van der Waals surface area contributed by atoms with E-state index in [4.69, 9.17) is 4.98 Å². The summed E-state index contributed by atoms with van der Waals surface area (Å²) in [6.45, 7) is 5.07. The highest BCUT2D eigenvalue weighted by molar-refractivity contribution is 6.08. The highest BCUT2D eigenvalue weighted by atomic mass is 35.5. The normalized spacial score (nSPS) is 11.4. The maximum atomic E-state index is 4.80.